The summed E-state index contributed by atoms with van der Waals surface area (Å²) in [6.45, 7) is 0.206. The Labute approximate surface area is 204 Å². The molecule has 1 aliphatic rings. The summed E-state index contributed by atoms with van der Waals surface area (Å²) in [5, 5.41) is 0.879. The van der Waals surface area contributed by atoms with E-state index in [9.17, 15) is 9.59 Å². The lowest BCUT2D eigenvalue weighted by Crippen LogP contribution is -2.42. The van der Waals surface area contributed by atoms with E-state index in [2.05, 4.69) is 4.98 Å². The topological polar surface area (TPSA) is 90.1 Å². The number of methoxy groups -OCH3 is 4. The Hall–Kier alpha value is -3.68. The van der Waals surface area contributed by atoms with Crippen LogP contribution in [0, 0.1) is 0 Å². The number of hydrogen-bond acceptors (Lipinski definition) is 6. The van der Waals surface area contributed by atoms with Gasteiger partial charge < -0.3 is 28.8 Å². The zero-order valence-electron chi connectivity index (χ0n) is 20.7. The maximum Gasteiger partial charge on any atom is 0.254 e. The van der Waals surface area contributed by atoms with Gasteiger partial charge in [-0.05, 0) is 48.6 Å². The van der Waals surface area contributed by atoms with E-state index >= 15 is 0 Å². The Bertz CT molecular complexity index is 1240. The molecule has 4 rings (SSSR count). The fourth-order valence-electron chi connectivity index (χ4n) is 4.78. The molecule has 1 aromatic heterocycles. The summed E-state index contributed by atoms with van der Waals surface area (Å²) >= 11 is 0. The summed E-state index contributed by atoms with van der Waals surface area (Å²) in [7, 11) is 6.16. The van der Waals surface area contributed by atoms with Crippen molar-refractivity contribution >= 4 is 16.8 Å². The summed E-state index contributed by atoms with van der Waals surface area (Å²) in [5.74, 6) is 1.75. The highest BCUT2D eigenvalue weighted by atomic mass is 16.5. The average Bonchev–Trinajstić information content (AvgIpc) is 2.90. The van der Waals surface area contributed by atoms with Gasteiger partial charge >= 0.3 is 0 Å². The second kappa shape index (κ2) is 10.7. The van der Waals surface area contributed by atoms with E-state index in [-0.39, 0.29) is 24.1 Å². The van der Waals surface area contributed by atoms with Crippen LogP contribution in [0.4, 0.5) is 0 Å². The molecule has 186 valence electrons. The summed E-state index contributed by atoms with van der Waals surface area (Å²) in [6, 6.07) is 10.8. The molecule has 0 saturated heterocycles. The highest BCUT2D eigenvalue weighted by Crippen LogP contribution is 2.39. The van der Waals surface area contributed by atoms with Gasteiger partial charge in [0.2, 0.25) is 5.75 Å². The quantitative estimate of drug-likeness (QED) is 0.509. The third kappa shape index (κ3) is 5.06. The minimum absolute atomic E-state index is 0.0429. The van der Waals surface area contributed by atoms with Gasteiger partial charge in [-0.2, -0.15) is 0 Å². The van der Waals surface area contributed by atoms with Crippen LogP contribution in [0.1, 0.15) is 48.0 Å². The fraction of sp³-hybridized carbons (Fsp3) is 0.407. The van der Waals surface area contributed by atoms with Gasteiger partial charge in [0.1, 0.15) is 5.75 Å². The number of amides is 1. The molecule has 0 atom stereocenters. The summed E-state index contributed by atoms with van der Waals surface area (Å²) in [5.41, 5.74) is 1.43. The van der Waals surface area contributed by atoms with Crippen molar-refractivity contribution in [2.45, 2.75) is 44.7 Å². The van der Waals surface area contributed by atoms with E-state index in [1.807, 2.05) is 23.1 Å². The molecule has 1 heterocycles. The number of carbonyl (C=O) groups excluding carboxylic acids is 1. The van der Waals surface area contributed by atoms with Crippen molar-refractivity contribution in [2.24, 2.45) is 0 Å². The molecule has 1 N–H and O–H groups in total. The number of benzene rings is 2. The number of hydrogen-bond donors (Lipinski definition) is 1. The van der Waals surface area contributed by atoms with Gasteiger partial charge in [-0.25, -0.2) is 0 Å². The van der Waals surface area contributed by atoms with Crippen molar-refractivity contribution in [1.82, 2.24) is 9.88 Å². The third-order valence-corrected chi connectivity index (χ3v) is 6.66. The summed E-state index contributed by atoms with van der Waals surface area (Å²) < 4.78 is 21.6. The minimum atomic E-state index is -0.218. The van der Waals surface area contributed by atoms with Crippen LogP contribution in [0.2, 0.25) is 0 Å². The zero-order chi connectivity index (χ0) is 24.9. The highest BCUT2D eigenvalue weighted by Gasteiger charge is 2.29. The first kappa shape index (κ1) is 24.4. The van der Waals surface area contributed by atoms with Crippen molar-refractivity contribution in [3.8, 4) is 23.0 Å². The highest BCUT2D eigenvalue weighted by molar-refractivity contribution is 5.96. The number of H-pyrrole nitrogens is 1. The minimum Gasteiger partial charge on any atom is -0.497 e. The van der Waals surface area contributed by atoms with Crippen LogP contribution in [0.5, 0.6) is 23.0 Å². The molecule has 1 aliphatic carbocycles. The van der Waals surface area contributed by atoms with Gasteiger partial charge in [0.05, 0.1) is 40.5 Å². The number of aromatic amines is 1. The lowest BCUT2D eigenvalue weighted by molar-refractivity contribution is 0.0612. The number of fused-ring (bicyclic) bond motifs is 1. The Balaban J connectivity index is 1.74. The number of nitrogens with one attached hydrogen (secondary N) is 1. The second-order valence-electron chi connectivity index (χ2n) is 8.72. The number of ether oxygens (including phenoxy) is 4. The van der Waals surface area contributed by atoms with Crippen LogP contribution in [0.15, 0.2) is 41.2 Å². The first-order valence-corrected chi connectivity index (χ1v) is 11.8. The molecule has 8 heteroatoms. The Morgan fingerprint density at radius 2 is 1.60 bits per heavy atom. The van der Waals surface area contributed by atoms with Gasteiger partial charge in [-0.3, -0.25) is 9.59 Å². The normalized spacial score (nSPS) is 13.9. The van der Waals surface area contributed by atoms with E-state index in [0.717, 1.165) is 37.5 Å². The smallest absolute Gasteiger partial charge is 0.254 e. The van der Waals surface area contributed by atoms with Gasteiger partial charge in [-0.15, -0.1) is 0 Å². The van der Waals surface area contributed by atoms with Crippen LogP contribution in [0.3, 0.4) is 0 Å². The number of nitrogens with zero attached hydrogens (tertiary/aromatic N) is 1. The molecule has 0 unspecified atom stereocenters. The molecule has 0 radical (unpaired) electrons. The molecule has 1 amide bonds. The standard InChI is InChI=1S/C27H32N2O6/c1-32-21-11-10-17-12-19(26(30)28-22(17)15-21)16-29(20-8-6-5-7-9-20)27(31)18-13-23(33-2)25(35-4)24(14-18)34-3/h10-15,20H,5-9,16H2,1-4H3,(H,28,30). The predicted octanol–water partition coefficient (Wildman–Crippen LogP) is 4.54. The first-order valence-electron chi connectivity index (χ1n) is 11.8. The van der Waals surface area contributed by atoms with E-state index in [4.69, 9.17) is 18.9 Å². The van der Waals surface area contributed by atoms with Gasteiger partial charge in [0.15, 0.2) is 11.5 Å². The summed E-state index contributed by atoms with van der Waals surface area (Å²) in [6.07, 6.45) is 5.06. The third-order valence-electron chi connectivity index (χ3n) is 6.66. The van der Waals surface area contributed by atoms with Crippen molar-refractivity contribution < 1.29 is 23.7 Å². The number of pyridine rings is 1. The molecule has 0 spiro atoms. The summed E-state index contributed by atoms with van der Waals surface area (Å²) in [4.78, 5) is 31.7. The second-order valence-corrected chi connectivity index (χ2v) is 8.72. The van der Waals surface area contributed by atoms with E-state index in [0.29, 0.717) is 39.6 Å². The Morgan fingerprint density at radius 1 is 0.914 bits per heavy atom. The maximum absolute atomic E-state index is 13.9. The van der Waals surface area contributed by atoms with Crippen molar-refractivity contribution in [1.29, 1.82) is 0 Å². The lowest BCUT2D eigenvalue weighted by atomic mass is 9.93. The predicted molar refractivity (Wildman–Crippen MR) is 134 cm³/mol. The van der Waals surface area contributed by atoms with Crippen molar-refractivity contribution in [3.05, 3.63) is 57.9 Å². The molecule has 35 heavy (non-hydrogen) atoms. The molecule has 0 aliphatic heterocycles. The molecule has 8 nitrogen and oxygen atoms in total. The van der Waals surface area contributed by atoms with E-state index in [1.54, 1.807) is 25.3 Å². The van der Waals surface area contributed by atoms with E-state index in [1.165, 1.54) is 21.3 Å². The van der Waals surface area contributed by atoms with Crippen LogP contribution in [0.25, 0.3) is 10.9 Å². The molecule has 1 saturated carbocycles. The molecule has 2 aromatic carbocycles. The fourth-order valence-corrected chi connectivity index (χ4v) is 4.78. The molecular formula is C27H32N2O6. The lowest BCUT2D eigenvalue weighted by Gasteiger charge is -2.34. The molecule has 0 bridgehead atoms. The maximum atomic E-state index is 13.9. The van der Waals surface area contributed by atoms with Gasteiger partial charge in [-0.1, -0.05) is 19.3 Å². The molecule has 3 aromatic rings. The van der Waals surface area contributed by atoms with E-state index < -0.39 is 0 Å². The average molecular weight is 481 g/mol. The molecule has 1 fully saturated rings. The number of rotatable bonds is 8. The van der Waals surface area contributed by atoms with Crippen LogP contribution in [-0.2, 0) is 6.54 Å². The van der Waals surface area contributed by atoms with Crippen molar-refractivity contribution in [3.63, 3.8) is 0 Å². The number of carbonyl (C=O) groups is 1. The Kier molecular flexibility index (Phi) is 7.48. The van der Waals surface area contributed by atoms with Crippen molar-refractivity contribution in [2.75, 3.05) is 28.4 Å². The van der Waals surface area contributed by atoms with Crippen LogP contribution in [-0.4, -0.2) is 50.3 Å². The first-order chi connectivity index (χ1) is 17.0. The number of aromatic nitrogens is 1. The van der Waals surface area contributed by atoms with Crippen LogP contribution < -0.4 is 24.5 Å². The largest absolute Gasteiger partial charge is 0.497 e. The zero-order valence-corrected chi connectivity index (χ0v) is 20.7. The van der Waals surface area contributed by atoms with Gasteiger partial charge in [0, 0.05) is 23.2 Å². The SMILES string of the molecule is COc1ccc2cc(CN(C(=O)c3cc(OC)c(OC)c(OC)c3)C3CCCCC3)c(=O)[nH]c2c1. The Morgan fingerprint density at radius 3 is 2.20 bits per heavy atom. The monoisotopic (exact) mass is 480 g/mol. The van der Waals surface area contributed by atoms with Gasteiger partial charge in [0.25, 0.3) is 11.5 Å². The molecular weight excluding hydrogens is 448 g/mol. The van der Waals surface area contributed by atoms with Crippen LogP contribution >= 0.6 is 0 Å².